The number of carbonyl (C=O) groups excluding carboxylic acids is 1. The van der Waals surface area contributed by atoms with E-state index in [9.17, 15) is 4.79 Å². The molecule has 2 aromatic carbocycles. The third kappa shape index (κ3) is 3.26. The molecule has 4 nitrogen and oxygen atoms in total. The van der Waals surface area contributed by atoms with Gasteiger partial charge in [0.25, 0.3) is 5.91 Å². The topological polar surface area (TPSA) is 54.9 Å². The quantitative estimate of drug-likeness (QED) is 0.795. The van der Waals surface area contributed by atoms with Gasteiger partial charge in [-0.1, -0.05) is 48.5 Å². The van der Waals surface area contributed by atoms with Crippen LogP contribution >= 0.6 is 0 Å². The summed E-state index contributed by atoms with van der Waals surface area (Å²) in [6.45, 7) is 3.93. The summed E-state index contributed by atoms with van der Waals surface area (Å²) in [4.78, 5) is 12.4. The van der Waals surface area contributed by atoms with E-state index in [1.54, 1.807) is 6.07 Å². The van der Waals surface area contributed by atoms with Crippen LogP contribution in [0, 0.1) is 13.8 Å². The Hall–Kier alpha value is -3.01. The number of aromatic nitrogens is 2. The molecular weight excluding hydrogens is 286 g/mol. The molecule has 0 aliphatic carbocycles. The molecule has 1 heterocycles. The van der Waals surface area contributed by atoms with Gasteiger partial charge in [0.2, 0.25) is 0 Å². The smallest absolute Gasteiger partial charge is 0.276 e. The molecule has 0 aliphatic rings. The summed E-state index contributed by atoms with van der Waals surface area (Å²) in [6, 6.07) is 19.1. The lowest BCUT2D eigenvalue weighted by atomic mass is 10.1. The summed E-state index contributed by atoms with van der Waals surface area (Å²) in [5.41, 5.74) is 4.88. The molecule has 0 atom stereocenters. The Morgan fingerprint density at radius 2 is 1.52 bits per heavy atom. The van der Waals surface area contributed by atoms with Gasteiger partial charge in [0.1, 0.15) is 0 Å². The SMILES string of the molecule is Cc1cccc(C)c1NC(=O)c1ccc(-c2ccccc2)nn1. The van der Waals surface area contributed by atoms with E-state index < -0.39 is 0 Å². The molecule has 0 bridgehead atoms. The van der Waals surface area contributed by atoms with Crippen molar-refractivity contribution >= 4 is 11.6 Å². The van der Waals surface area contributed by atoms with Crippen LogP contribution in [0.3, 0.4) is 0 Å². The van der Waals surface area contributed by atoms with E-state index in [4.69, 9.17) is 0 Å². The van der Waals surface area contributed by atoms with Crippen LogP contribution < -0.4 is 5.32 Å². The van der Waals surface area contributed by atoms with Gasteiger partial charge in [-0.3, -0.25) is 4.79 Å². The van der Waals surface area contributed by atoms with E-state index in [1.165, 1.54) is 0 Å². The maximum Gasteiger partial charge on any atom is 0.276 e. The van der Waals surface area contributed by atoms with Crippen molar-refractivity contribution in [2.24, 2.45) is 0 Å². The number of nitrogens with one attached hydrogen (secondary N) is 1. The molecule has 0 saturated carbocycles. The Morgan fingerprint density at radius 3 is 2.13 bits per heavy atom. The summed E-state index contributed by atoms with van der Waals surface area (Å²) in [5.74, 6) is -0.255. The van der Waals surface area contributed by atoms with Crippen molar-refractivity contribution in [3.8, 4) is 11.3 Å². The highest BCUT2D eigenvalue weighted by Gasteiger charge is 2.11. The fourth-order valence-electron chi connectivity index (χ4n) is 2.41. The van der Waals surface area contributed by atoms with Crippen LogP contribution in [0.5, 0.6) is 0 Å². The fraction of sp³-hybridized carbons (Fsp3) is 0.105. The van der Waals surface area contributed by atoms with Gasteiger partial charge in [-0.25, -0.2) is 0 Å². The molecule has 3 aromatic rings. The third-order valence-corrected chi connectivity index (χ3v) is 3.69. The number of para-hydroxylation sites is 1. The first kappa shape index (κ1) is 14.9. The van der Waals surface area contributed by atoms with Crippen LogP contribution in [0.1, 0.15) is 21.6 Å². The second-order valence-electron chi connectivity index (χ2n) is 5.39. The molecule has 0 radical (unpaired) electrons. The lowest BCUT2D eigenvalue weighted by Crippen LogP contribution is -2.16. The van der Waals surface area contributed by atoms with E-state index >= 15 is 0 Å². The molecule has 0 saturated heterocycles. The molecule has 114 valence electrons. The Morgan fingerprint density at radius 1 is 0.826 bits per heavy atom. The zero-order valence-corrected chi connectivity index (χ0v) is 13.1. The zero-order valence-electron chi connectivity index (χ0n) is 13.1. The van der Waals surface area contributed by atoms with Crippen molar-refractivity contribution in [1.29, 1.82) is 0 Å². The number of benzene rings is 2. The third-order valence-electron chi connectivity index (χ3n) is 3.69. The molecule has 23 heavy (non-hydrogen) atoms. The van der Waals surface area contributed by atoms with E-state index in [0.29, 0.717) is 5.69 Å². The minimum absolute atomic E-state index is 0.255. The minimum atomic E-state index is -0.255. The highest BCUT2D eigenvalue weighted by Crippen LogP contribution is 2.20. The molecule has 0 spiro atoms. The van der Waals surface area contributed by atoms with Gasteiger partial charge in [-0.15, -0.1) is 10.2 Å². The predicted octanol–water partition coefficient (Wildman–Crippen LogP) is 4.01. The summed E-state index contributed by atoms with van der Waals surface area (Å²) in [6.07, 6.45) is 0. The highest BCUT2D eigenvalue weighted by molar-refractivity contribution is 6.03. The first-order valence-corrected chi connectivity index (χ1v) is 7.42. The van der Waals surface area contributed by atoms with Crippen LogP contribution in [0.2, 0.25) is 0 Å². The molecule has 4 heteroatoms. The molecule has 1 aromatic heterocycles. The predicted molar refractivity (Wildman–Crippen MR) is 91.3 cm³/mol. The van der Waals surface area contributed by atoms with Crippen molar-refractivity contribution < 1.29 is 4.79 Å². The van der Waals surface area contributed by atoms with E-state index in [-0.39, 0.29) is 5.91 Å². The standard InChI is InChI=1S/C19H17N3O/c1-13-7-6-8-14(2)18(13)20-19(23)17-12-11-16(21-22-17)15-9-4-3-5-10-15/h3-12H,1-2H3,(H,20,23). The molecule has 0 fully saturated rings. The minimum Gasteiger partial charge on any atom is -0.320 e. The lowest BCUT2D eigenvalue weighted by Gasteiger charge is -2.11. The largest absolute Gasteiger partial charge is 0.320 e. The van der Waals surface area contributed by atoms with Crippen LogP contribution in [0.15, 0.2) is 60.7 Å². The van der Waals surface area contributed by atoms with Gasteiger partial charge in [-0.05, 0) is 37.1 Å². The highest BCUT2D eigenvalue weighted by atomic mass is 16.1. The molecule has 1 N–H and O–H groups in total. The van der Waals surface area contributed by atoms with Crippen LogP contribution in [0.4, 0.5) is 5.69 Å². The Labute approximate surface area is 135 Å². The molecule has 1 amide bonds. The van der Waals surface area contributed by atoms with Crippen LogP contribution in [0.25, 0.3) is 11.3 Å². The first-order chi connectivity index (χ1) is 11.1. The van der Waals surface area contributed by atoms with Crippen molar-refractivity contribution in [1.82, 2.24) is 10.2 Å². The maximum absolute atomic E-state index is 12.4. The maximum atomic E-state index is 12.4. The number of aryl methyl sites for hydroxylation is 2. The second kappa shape index (κ2) is 6.40. The van der Waals surface area contributed by atoms with Gasteiger partial charge in [0.05, 0.1) is 5.69 Å². The van der Waals surface area contributed by atoms with Gasteiger partial charge in [-0.2, -0.15) is 0 Å². The first-order valence-electron chi connectivity index (χ1n) is 7.42. The Balaban J connectivity index is 1.81. The lowest BCUT2D eigenvalue weighted by molar-refractivity contribution is 0.102. The zero-order chi connectivity index (χ0) is 16.2. The normalized spacial score (nSPS) is 10.3. The number of rotatable bonds is 3. The number of hydrogen-bond donors (Lipinski definition) is 1. The summed E-state index contributed by atoms with van der Waals surface area (Å²) in [5, 5.41) is 11.1. The second-order valence-corrected chi connectivity index (χ2v) is 5.39. The summed E-state index contributed by atoms with van der Waals surface area (Å²) in [7, 11) is 0. The Kier molecular flexibility index (Phi) is 4.15. The van der Waals surface area contributed by atoms with Gasteiger partial charge in [0, 0.05) is 11.3 Å². The fourth-order valence-corrected chi connectivity index (χ4v) is 2.41. The van der Waals surface area contributed by atoms with Crippen molar-refractivity contribution in [3.63, 3.8) is 0 Å². The van der Waals surface area contributed by atoms with Crippen molar-refractivity contribution in [2.45, 2.75) is 13.8 Å². The number of hydrogen-bond acceptors (Lipinski definition) is 3. The number of anilines is 1. The molecule has 0 unspecified atom stereocenters. The number of nitrogens with zero attached hydrogens (tertiary/aromatic N) is 2. The van der Waals surface area contributed by atoms with Crippen molar-refractivity contribution in [3.05, 3.63) is 77.5 Å². The van der Waals surface area contributed by atoms with Gasteiger partial charge < -0.3 is 5.32 Å². The summed E-state index contributed by atoms with van der Waals surface area (Å²) >= 11 is 0. The molecule has 0 aliphatic heterocycles. The van der Waals surface area contributed by atoms with Crippen molar-refractivity contribution in [2.75, 3.05) is 5.32 Å². The average Bonchev–Trinajstić information content (AvgIpc) is 2.59. The van der Waals surface area contributed by atoms with E-state index in [0.717, 1.165) is 28.1 Å². The van der Waals surface area contributed by atoms with E-state index in [1.807, 2.05) is 68.4 Å². The summed E-state index contributed by atoms with van der Waals surface area (Å²) < 4.78 is 0. The number of carbonyl (C=O) groups is 1. The van der Waals surface area contributed by atoms with Crippen LogP contribution in [-0.2, 0) is 0 Å². The number of amides is 1. The average molecular weight is 303 g/mol. The monoisotopic (exact) mass is 303 g/mol. The molecular formula is C19H17N3O. The van der Waals surface area contributed by atoms with Gasteiger partial charge in [0.15, 0.2) is 5.69 Å². The molecule has 3 rings (SSSR count). The van der Waals surface area contributed by atoms with Crippen LogP contribution in [-0.4, -0.2) is 16.1 Å². The Bertz CT molecular complexity index is 807. The van der Waals surface area contributed by atoms with E-state index in [2.05, 4.69) is 15.5 Å². The van der Waals surface area contributed by atoms with Gasteiger partial charge >= 0.3 is 0 Å².